The zero-order chi connectivity index (χ0) is 18.5. The summed E-state index contributed by atoms with van der Waals surface area (Å²) in [7, 11) is 0. The summed E-state index contributed by atoms with van der Waals surface area (Å²) >= 11 is 7.71. The molecule has 1 unspecified atom stereocenters. The Morgan fingerprint density at radius 3 is 2.50 bits per heavy atom. The van der Waals surface area contributed by atoms with Gasteiger partial charge in [-0.1, -0.05) is 74.0 Å². The average molecular weight is 385 g/mol. The number of hydrogen-bond acceptors (Lipinski definition) is 3. The number of anilines is 1. The fourth-order valence-electron chi connectivity index (χ4n) is 2.96. The van der Waals surface area contributed by atoms with Gasteiger partial charge in [0, 0.05) is 22.5 Å². The Kier molecular flexibility index (Phi) is 6.07. The van der Waals surface area contributed by atoms with Gasteiger partial charge >= 0.3 is 0 Å². The first kappa shape index (κ1) is 18.6. The van der Waals surface area contributed by atoms with Crippen molar-refractivity contribution in [3.05, 3.63) is 81.8 Å². The molecule has 3 nitrogen and oxygen atoms in total. The molecule has 134 valence electrons. The Balaban J connectivity index is 1.71. The van der Waals surface area contributed by atoms with Crippen molar-refractivity contribution in [3.63, 3.8) is 0 Å². The minimum atomic E-state index is -0.202. The third-order valence-electron chi connectivity index (χ3n) is 4.21. The van der Waals surface area contributed by atoms with E-state index in [4.69, 9.17) is 11.6 Å². The molecule has 5 heteroatoms. The van der Waals surface area contributed by atoms with E-state index in [1.165, 1.54) is 11.3 Å². The lowest BCUT2D eigenvalue weighted by Gasteiger charge is -2.19. The number of carbonyl (C=O) groups excluding carboxylic acids is 1. The number of thiazole rings is 1. The number of amides is 1. The maximum atomic E-state index is 12.8. The highest BCUT2D eigenvalue weighted by molar-refractivity contribution is 7.15. The van der Waals surface area contributed by atoms with Crippen LogP contribution in [0.3, 0.4) is 0 Å². The summed E-state index contributed by atoms with van der Waals surface area (Å²) < 4.78 is 0. The monoisotopic (exact) mass is 384 g/mol. The highest BCUT2D eigenvalue weighted by Gasteiger charge is 2.24. The lowest BCUT2D eigenvalue weighted by molar-refractivity contribution is -0.118. The predicted molar refractivity (Wildman–Crippen MR) is 109 cm³/mol. The van der Waals surface area contributed by atoms with Crippen molar-refractivity contribution in [1.82, 2.24) is 4.98 Å². The van der Waals surface area contributed by atoms with Crippen molar-refractivity contribution in [2.24, 2.45) is 5.92 Å². The second-order valence-corrected chi connectivity index (χ2v) is 8.04. The number of hydrogen-bond donors (Lipinski definition) is 1. The SMILES string of the molecule is CC(C)C(C(=O)Nc1ncc(Cc2ccccc2Cl)s1)c1ccccc1. The Bertz CT molecular complexity index is 876. The summed E-state index contributed by atoms with van der Waals surface area (Å²) in [4.78, 5) is 18.2. The van der Waals surface area contributed by atoms with Gasteiger partial charge in [-0.05, 0) is 23.1 Å². The number of rotatable bonds is 6. The molecule has 0 radical (unpaired) electrons. The van der Waals surface area contributed by atoms with Crippen LogP contribution in [-0.4, -0.2) is 10.9 Å². The van der Waals surface area contributed by atoms with Crippen LogP contribution in [0.25, 0.3) is 0 Å². The van der Waals surface area contributed by atoms with Crippen LogP contribution in [-0.2, 0) is 11.2 Å². The molecule has 0 saturated carbocycles. The van der Waals surface area contributed by atoms with Crippen LogP contribution >= 0.6 is 22.9 Å². The van der Waals surface area contributed by atoms with Gasteiger partial charge in [0.15, 0.2) is 5.13 Å². The lowest BCUT2D eigenvalue weighted by Crippen LogP contribution is -2.25. The standard InChI is InChI=1S/C21H21ClN2OS/c1-14(2)19(15-8-4-3-5-9-15)20(25)24-21-23-13-17(26-21)12-16-10-6-7-11-18(16)22/h3-11,13-14,19H,12H2,1-2H3,(H,23,24,25). The minimum absolute atomic E-state index is 0.0233. The largest absolute Gasteiger partial charge is 0.301 e. The molecule has 3 rings (SSSR count). The van der Waals surface area contributed by atoms with Gasteiger partial charge in [0.1, 0.15) is 0 Å². The van der Waals surface area contributed by atoms with Gasteiger partial charge in [-0.2, -0.15) is 0 Å². The van der Waals surface area contributed by atoms with Crippen LogP contribution < -0.4 is 5.32 Å². The lowest BCUT2D eigenvalue weighted by atomic mass is 9.88. The Labute approximate surface area is 163 Å². The molecule has 0 aliphatic carbocycles. The Hall–Kier alpha value is -2.17. The van der Waals surface area contributed by atoms with E-state index >= 15 is 0 Å². The van der Waals surface area contributed by atoms with Gasteiger partial charge < -0.3 is 5.32 Å². The third kappa shape index (κ3) is 4.51. The molecule has 1 heterocycles. The molecule has 0 bridgehead atoms. The van der Waals surface area contributed by atoms with Crippen molar-refractivity contribution in [2.75, 3.05) is 5.32 Å². The average Bonchev–Trinajstić information content (AvgIpc) is 3.04. The van der Waals surface area contributed by atoms with E-state index < -0.39 is 0 Å². The van der Waals surface area contributed by atoms with Crippen LogP contribution in [0.2, 0.25) is 5.02 Å². The van der Waals surface area contributed by atoms with Crippen LogP contribution in [0.15, 0.2) is 60.8 Å². The van der Waals surface area contributed by atoms with Gasteiger partial charge in [0.2, 0.25) is 5.91 Å². The van der Waals surface area contributed by atoms with Gasteiger partial charge in [-0.25, -0.2) is 4.98 Å². The zero-order valence-electron chi connectivity index (χ0n) is 14.8. The van der Waals surface area contributed by atoms with E-state index in [2.05, 4.69) is 24.1 Å². The van der Waals surface area contributed by atoms with Gasteiger partial charge in [0.25, 0.3) is 0 Å². The topological polar surface area (TPSA) is 42.0 Å². The quantitative estimate of drug-likeness (QED) is 0.586. The minimum Gasteiger partial charge on any atom is -0.301 e. The molecule has 1 aromatic heterocycles. The molecular weight excluding hydrogens is 364 g/mol. The molecule has 0 spiro atoms. The summed E-state index contributed by atoms with van der Waals surface area (Å²) in [5.74, 6) is -0.0306. The fraction of sp³-hybridized carbons (Fsp3) is 0.238. The molecule has 0 fully saturated rings. The van der Waals surface area contributed by atoms with E-state index in [0.29, 0.717) is 11.6 Å². The number of nitrogens with zero attached hydrogens (tertiary/aromatic N) is 1. The number of aromatic nitrogens is 1. The first-order chi connectivity index (χ1) is 12.5. The predicted octanol–water partition coefficient (Wildman–Crippen LogP) is 5.77. The molecular formula is C21H21ClN2OS. The Morgan fingerprint density at radius 1 is 1.12 bits per heavy atom. The molecule has 1 atom stereocenters. The van der Waals surface area contributed by atoms with Crippen molar-refractivity contribution in [1.29, 1.82) is 0 Å². The molecule has 26 heavy (non-hydrogen) atoms. The molecule has 3 aromatic rings. The maximum absolute atomic E-state index is 12.8. The van der Waals surface area contributed by atoms with Crippen molar-refractivity contribution < 1.29 is 4.79 Å². The third-order valence-corrected chi connectivity index (χ3v) is 5.50. The van der Waals surface area contributed by atoms with Crippen LogP contribution in [0.1, 0.15) is 35.8 Å². The summed E-state index contributed by atoms with van der Waals surface area (Å²) in [6.07, 6.45) is 2.51. The Morgan fingerprint density at radius 2 is 1.81 bits per heavy atom. The molecule has 0 aliphatic heterocycles. The smallest absolute Gasteiger partial charge is 0.233 e. The van der Waals surface area contributed by atoms with Crippen molar-refractivity contribution in [2.45, 2.75) is 26.2 Å². The number of carbonyl (C=O) groups is 1. The van der Waals surface area contributed by atoms with Crippen molar-refractivity contribution in [3.8, 4) is 0 Å². The van der Waals surface area contributed by atoms with E-state index in [-0.39, 0.29) is 17.7 Å². The first-order valence-electron chi connectivity index (χ1n) is 8.58. The number of nitrogens with one attached hydrogen (secondary N) is 1. The maximum Gasteiger partial charge on any atom is 0.233 e. The molecule has 1 amide bonds. The summed E-state index contributed by atoms with van der Waals surface area (Å²) in [6.45, 7) is 4.11. The number of benzene rings is 2. The van der Waals surface area contributed by atoms with Gasteiger partial charge in [-0.15, -0.1) is 11.3 Å². The summed E-state index contributed by atoms with van der Waals surface area (Å²) in [5, 5.41) is 4.35. The first-order valence-corrected chi connectivity index (χ1v) is 9.78. The van der Waals surface area contributed by atoms with Gasteiger partial charge in [0.05, 0.1) is 5.92 Å². The normalized spacial score (nSPS) is 12.2. The van der Waals surface area contributed by atoms with E-state index in [1.807, 2.05) is 54.6 Å². The zero-order valence-corrected chi connectivity index (χ0v) is 16.3. The highest BCUT2D eigenvalue weighted by Crippen LogP contribution is 2.28. The van der Waals surface area contributed by atoms with E-state index in [0.717, 1.165) is 21.0 Å². The van der Waals surface area contributed by atoms with Gasteiger partial charge in [-0.3, -0.25) is 4.79 Å². The highest BCUT2D eigenvalue weighted by atomic mass is 35.5. The fourth-order valence-corrected chi connectivity index (χ4v) is 4.00. The second-order valence-electron chi connectivity index (χ2n) is 6.52. The van der Waals surface area contributed by atoms with Crippen LogP contribution in [0.5, 0.6) is 0 Å². The summed E-state index contributed by atoms with van der Waals surface area (Å²) in [6, 6.07) is 17.6. The van der Waals surface area contributed by atoms with Crippen molar-refractivity contribution >= 4 is 34.0 Å². The molecule has 1 N–H and O–H groups in total. The van der Waals surface area contributed by atoms with E-state index in [9.17, 15) is 4.79 Å². The van der Waals surface area contributed by atoms with Crippen LogP contribution in [0.4, 0.5) is 5.13 Å². The van der Waals surface area contributed by atoms with E-state index in [1.54, 1.807) is 6.20 Å². The molecule has 0 aliphatic rings. The molecule has 0 saturated heterocycles. The van der Waals surface area contributed by atoms with Crippen LogP contribution in [0, 0.1) is 5.92 Å². The summed E-state index contributed by atoms with van der Waals surface area (Å²) in [5.41, 5.74) is 2.08. The molecule has 2 aromatic carbocycles. The second kappa shape index (κ2) is 8.47. The number of halogens is 1.